The summed E-state index contributed by atoms with van der Waals surface area (Å²) in [5, 5.41) is 11.5. The summed E-state index contributed by atoms with van der Waals surface area (Å²) in [5.41, 5.74) is 2.04. The van der Waals surface area contributed by atoms with Crippen LogP contribution in [0.25, 0.3) is 0 Å². The maximum atomic E-state index is 10.8. The van der Waals surface area contributed by atoms with Crippen LogP contribution in [0.2, 0.25) is 0 Å². The maximum absolute atomic E-state index is 10.8. The van der Waals surface area contributed by atoms with Crippen LogP contribution in [-0.4, -0.2) is 5.91 Å². The fourth-order valence-corrected chi connectivity index (χ4v) is 1.34. The first-order chi connectivity index (χ1) is 7.17. The normalized spacial score (nSPS) is 11.5. The van der Waals surface area contributed by atoms with Crippen LogP contribution in [0, 0.1) is 11.3 Å². The van der Waals surface area contributed by atoms with Crippen LogP contribution in [0.15, 0.2) is 24.3 Å². The lowest BCUT2D eigenvalue weighted by Gasteiger charge is -2.10. The zero-order valence-corrected chi connectivity index (χ0v) is 8.95. The van der Waals surface area contributed by atoms with Gasteiger partial charge in [0, 0.05) is 6.92 Å². The highest BCUT2D eigenvalue weighted by Crippen LogP contribution is 2.13. The highest BCUT2D eigenvalue weighted by Gasteiger charge is 2.10. The Kier molecular flexibility index (Phi) is 3.87. The molecule has 0 saturated carbocycles. The molecule has 1 unspecified atom stereocenters. The van der Waals surface area contributed by atoms with Crippen molar-refractivity contribution in [2.24, 2.45) is 0 Å². The molecule has 1 N–H and O–H groups in total. The highest BCUT2D eigenvalue weighted by molar-refractivity contribution is 5.73. The number of carbonyl (C=O) groups excluding carboxylic acids is 1. The molecule has 0 fully saturated rings. The summed E-state index contributed by atoms with van der Waals surface area (Å²) in [5.74, 6) is -0.193. The summed E-state index contributed by atoms with van der Waals surface area (Å²) in [4.78, 5) is 10.8. The number of nitrogens with one attached hydrogen (secondary N) is 1. The van der Waals surface area contributed by atoms with Crippen LogP contribution in [0.4, 0.5) is 0 Å². The molecule has 1 atom stereocenters. The molecule has 1 rings (SSSR count). The molecule has 0 aliphatic heterocycles. The van der Waals surface area contributed by atoms with Gasteiger partial charge in [0.2, 0.25) is 5.91 Å². The molecule has 3 nitrogen and oxygen atoms in total. The molecule has 0 bridgehead atoms. The Labute approximate surface area is 89.7 Å². The van der Waals surface area contributed by atoms with Crippen molar-refractivity contribution in [3.63, 3.8) is 0 Å². The average molecular weight is 202 g/mol. The molecular formula is C12H14N2O. The quantitative estimate of drug-likeness (QED) is 0.814. The van der Waals surface area contributed by atoms with Crippen molar-refractivity contribution in [3.8, 4) is 6.07 Å². The molecule has 78 valence electrons. The third-order valence-electron chi connectivity index (χ3n) is 2.20. The summed E-state index contributed by atoms with van der Waals surface area (Å²) in [7, 11) is 0. The van der Waals surface area contributed by atoms with Crippen molar-refractivity contribution >= 4 is 5.91 Å². The molecule has 0 saturated heterocycles. The second-order valence-electron chi connectivity index (χ2n) is 3.36. The van der Waals surface area contributed by atoms with Crippen molar-refractivity contribution in [1.82, 2.24) is 5.32 Å². The number of nitriles is 1. The summed E-state index contributed by atoms with van der Waals surface area (Å²) >= 11 is 0. The molecule has 1 aromatic rings. The van der Waals surface area contributed by atoms with E-state index in [2.05, 4.69) is 18.3 Å². The second-order valence-corrected chi connectivity index (χ2v) is 3.36. The molecule has 0 spiro atoms. The average Bonchev–Trinajstić information content (AvgIpc) is 2.26. The van der Waals surface area contributed by atoms with Gasteiger partial charge in [0.15, 0.2) is 0 Å². The molecular weight excluding hydrogens is 188 g/mol. The van der Waals surface area contributed by atoms with E-state index in [9.17, 15) is 4.79 Å². The van der Waals surface area contributed by atoms with Crippen molar-refractivity contribution in [2.75, 3.05) is 0 Å². The fourth-order valence-electron chi connectivity index (χ4n) is 1.34. The molecule has 0 radical (unpaired) electrons. The number of aryl methyl sites for hydroxylation is 1. The van der Waals surface area contributed by atoms with Gasteiger partial charge < -0.3 is 5.32 Å². The number of nitrogens with zero attached hydrogens (tertiary/aromatic N) is 1. The van der Waals surface area contributed by atoms with Gasteiger partial charge in [0.1, 0.15) is 6.04 Å². The smallest absolute Gasteiger partial charge is 0.218 e. The number of hydrogen-bond donors (Lipinski definition) is 1. The Morgan fingerprint density at radius 2 is 2.07 bits per heavy atom. The standard InChI is InChI=1S/C12H14N2O/c1-3-10-4-6-11(7-5-10)12(8-13)14-9(2)15/h4-7,12H,3H2,1-2H3,(H,14,15). The van der Waals surface area contributed by atoms with Crippen LogP contribution in [0.5, 0.6) is 0 Å². The Balaban J connectivity index is 2.84. The van der Waals surface area contributed by atoms with Crippen molar-refractivity contribution in [2.45, 2.75) is 26.3 Å². The molecule has 0 aliphatic carbocycles. The SMILES string of the molecule is CCc1ccc(C(C#N)NC(C)=O)cc1. The van der Waals surface area contributed by atoms with Gasteiger partial charge >= 0.3 is 0 Å². The van der Waals surface area contributed by atoms with Crippen LogP contribution in [0.1, 0.15) is 31.0 Å². The summed E-state index contributed by atoms with van der Waals surface area (Å²) in [6, 6.07) is 9.21. The molecule has 0 aromatic heterocycles. The van der Waals surface area contributed by atoms with Gasteiger partial charge in [0.25, 0.3) is 0 Å². The van der Waals surface area contributed by atoms with Crippen molar-refractivity contribution < 1.29 is 4.79 Å². The second kappa shape index (κ2) is 5.16. The molecule has 3 heteroatoms. The van der Waals surface area contributed by atoms with Crippen molar-refractivity contribution in [3.05, 3.63) is 35.4 Å². The molecule has 0 aliphatic rings. The van der Waals surface area contributed by atoms with E-state index in [1.54, 1.807) is 0 Å². The monoisotopic (exact) mass is 202 g/mol. The molecule has 1 amide bonds. The summed E-state index contributed by atoms with van der Waals surface area (Å²) in [6.07, 6.45) is 0.970. The molecule has 1 aromatic carbocycles. The lowest BCUT2D eigenvalue weighted by Crippen LogP contribution is -2.24. The van der Waals surface area contributed by atoms with E-state index in [0.717, 1.165) is 12.0 Å². The number of amides is 1. The number of hydrogen-bond acceptors (Lipinski definition) is 2. The first-order valence-electron chi connectivity index (χ1n) is 4.93. The lowest BCUT2D eigenvalue weighted by atomic mass is 10.0. The van der Waals surface area contributed by atoms with E-state index in [1.165, 1.54) is 12.5 Å². The van der Waals surface area contributed by atoms with Crippen LogP contribution >= 0.6 is 0 Å². The van der Waals surface area contributed by atoms with Gasteiger partial charge in [-0.05, 0) is 17.5 Å². The van der Waals surface area contributed by atoms with Crippen LogP contribution in [0.3, 0.4) is 0 Å². The summed E-state index contributed by atoms with van der Waals surface area (Å²) < 4.78 is 0. The van der Waals surface area contributed by atoms with Gasteiger partial charge in [0.05, 0.1) is 6.07 Å². The van der Waals surface area contributed by atoms with E-state index >= 15 is 0 Å². The fraction of sp³-hybridized carbons (Fsp3) is 0.333. The maximum Gasteiger partial charge on any atom is 0.218 e. The Hall–Kier alpha value is -1.82. The van der Waals surface area contributed by atoms with Gasteiger partial charge in [-0.3, -0.25) is 4.79 Å². The van der Waals surface area contributed by atoms with Gasteiger partial charge in [-0.15, -0.1) is 0 Å². The minimum atomic E-state index is -0.548. The lowest BCUT2D eigenvalue weighted by molar-refractivity contribution is -0.119. The Morgan fingerprint density at radius 1 is 1.47 bits per heavy atom. The Bertz CT molecular complexity index is 376. The largest absolute Gasteiger partial charge is 0.337 e. The van der Waals surface area contributed by atoms with Crippen LogP contribution in [-0.2, 0) is 11.2 Å². The predicted molar refractivity (Wildman–Crippen MR) is 58.0 cm³/mol. The van der Waals surface area contributed by atoms with Crippen LogP contribution < -0.4 is 5.32 Å². The van der Waals surface area contributed by atoms with E-state index in [-0.39, 0.29) is 5.91 Å². The van der Waals surface area contributed by atoms with E-state index in [1.807, 2.05) is 24.3 Å². The third-order valence-corrected chi connectivity index (χ3v) is 2.20. The van der Waals surface area contributed by atoms with E-state index in [4.69, 9.17) is 5.26 Å². The zero-order valence-electron chi connectivity index (χ0n) is 8.95. The molecule has 0 heterocycles. The number of carbonyl (C=O) groups is 1. The first kappa shape index (κ1) is 11.3. The predicted octanol–water partition coefficient (Wildman–Crippen LogP) is 1.95. The number of benzene rings is 1. The minimum Gasteiger partial charge on any atom is -0.337 e. The first-order valence-corrected chi connectivity index (χ1v) is 4.93. The van der Waals surface area contributed by atoms with E-state index in [0.29, 0.717) is 0 Å². The topological polar surface area (TPSA) is 52.9 Å². The summed E-state index contributed by atoms with van der Waals surface area (Å²) in [6.45, 7) is 3.48. The van der Waals surface area contributed by atoms with Gasteiger partial charge in [-0.25, -0.2) is 0 Å². The number of rotatable bonds is 3. The van der Waals surface area contributed by atoms with Gasteiger partial charge in [-0.1, -0.05) is 31.2 Å². The minimum absolute atomic E-state index is 0.193. The third kappa shape index (κ3) is 3.10. The van der Waals surface area contributed by atoms with Gasteiger partial charge in [-0.2, -0.15) is 5.26 Å². The Morgan fingerprint density at radius 3 is 2.47 bits per heavy atom. The van der Waals surface area contributed by atoms with E-state index < -0.39 is 6.04 Å². The zero-order chi connectivity index (χ0) is 11.3. The highest BCUT2D eigenvalue weighted by atomic mass is 16.1. The molecule has 15 heavy (non-hydrogen) atoms. The van der Waals surface area contributed by atoms with Crippen molar-refractivity contribution in [1.29, 1.82) is 5.26 Å².